The zero-order chi connectivity index (χ0) is 15.9. The van der Waals surface area contributed by atoms with Gasteiger partial charge in [0.25, 0.3) is 11.6 Å². The van der Waals surface area contributed by atoms with E-state index >= 15 is 0 Å². The van der Waals surface area contributed by atoms with Crippen LogP contribution in [0.15, 0.2) is 18.2 Å². The van der Waals surface area contributed by atoms with Crippen LogP contribution in [-0.2, 0) is 4.74 Å². The summed E-state index contributed by atoms with van der Waals surface area (Å²) in [4.78, 5) is 24.9. The molecule has 7 nitrogen and oxygen atoms in total. The summed E-state index contributed by atoms with van der Waals surface area (Å²) >= 11 is 0. The Kier molecular flexibility index (Phi) is 5.71. The molecule has 2 rings (SSSR count). The lowest BCUT2D eigenvalue weighted by Crippen LogP contribution is -2.38. The molecule has 0 spiro atoms. The number of rotatable bonds is 6. The van der Waals surface area contributed by atoms with Crippen molar-refractivity contribution in [1.29, 1.82) is 0 Å². The minimum absolute atomic E-state index is 0.0716. The van der Waals surface area contributed by atoms with Crippen molar-refractivity contribution in [2.24, 2.45) is 0 Å². The standard InChI is InChI=1S/C15H21N3O4/c1-2-3-6-16-15(19)13-11-12(18(20)21)4-5-14(13)17-7-9-22-10-8-17/h4-5,11H,2-3,6-10H2,1H3,(H,16,19). The Morgan fingerprint density at radius 3 is 2.77 bits per heavy atom. The Morgan fingerprint density at radius 2 is 2.14 bits per heavy atom. The molecule has 0 atom stereocenters. The lowest BCUT2D eigenvalue weighted by molar-refractivity contribution is -0.384. The van der Waals surface area contributed by atoms with Crippen LogP contribution in [0.25, 0.3) is 0 Å². The molecule has 1 amide bonds. The molecule has 0 radical (unpaired) electrons. The van der Waals surface area contributed by atoms with Gasteiger partial charge in [0.05, 0.1) is 29.4 Å². The quantitative estimate of drug-likeness (QED) is 0.493. The average Bonchev–Trinajstić information content (AvgIpc) is 2.55. The van der Waals surface area contributed by atoms with Crippen LogP contribution in [0, 0.1) is 10.1 Å². The highest BCUT2D eigenvalue weighted by Crippen LogP contribution is 2.26. The number of ether oxygens (including phenoxy) is 1. The van der Waals surface area contributed by atoms with E-state index in [9.17, 15) is 14.9 Å². The normalized spacial score (nSPS) is 14.7. The summed E-state index contributed by atoms with van der Waals surface area (Å²) in [7, 11) is 0. The number of nitrogens with one attached hydrogen (secondary N) is 1. The smallest absolute Gasteiger partial charge is 0.270 e. The molecule has 1 saturated heterocycles. The Bertz CT molecular complexity index is 542. The number of hydrogen-bond donors (Lipinski definition) is 1. The van der Waals surface area contributed by atoms with Gasteiger partial charge in [-0.05, 0) is 12.5 Å². The number of amides is 1. The molecule has 22 heavy (non-hydrogen) atoms. The number of morpholine rings is 1. The van der Waals surface area contributed by atoms with E-state index in [1.165, 1.54) is 12.1 Å². The third-order valence-corrected chi connectivity index (χ3v) is 3.60. The highest BCUT2D eigenvalue weighted by molar-refractivity contribution is 6.00. The van der Waals surface area contributed by atoms with Crippen LogP contribution in [0.4, 0.5) is 11.4 Å². The van der Waals surface area contributed by atoms with Gasteiger partial charge in [-0.25, -0.2) is 0 Å². The Hall–Kier alpha value is -2.15. The minimum atomic E-state index is -0.480. The Balaban J connectivity index is 2.26. The van der Waals surface area contributed by atoms with Crippen LogP contribution in [-0.4, -0.2) is 43.7 Å². The molecule has 1 aliphatic rings. The maximum atomic E-state index is 12.4. The second-order valence-electron chi connectivity index (χ2n) is 5.17. The van der Waals surface area contributed by atoms with Gasteiger partial charge >= 0.3 is 0 Å². The first kappa shape index (κ1) is 16.2. The number of nitro groups is 1. The van der Waals surface area contributed by atoms with Crippen LogP contribution in [0.5, 0.6) is 0 Å². The molecular weight excluding hydrogens is 286 g/mol. The zero-order valence-electron chi connectivity index (χ0n) is 12.7. The van der Waals surface area contributed by atoms with Gasteiger partial charge in [-0.15, -0.1) is 0 Å². The predicted octanol–water partition coefficient (Wildman–Crippen LogP) is 1.96. The van der Waals surface area contributed by atoms with Crippen molar-refractivity contribution >= 4 is 17.3 Å². The molecule has 0 saturated carbocycles. The molecule has 0 unspecified atom stereocenters. The molecule has 7 heteroatoms. The highest BCUT2D eigenvalue weighted by Gasteiger charge is 2.21. The van der Waals surface area contributed by atoms with E-state index in [-0.39, 0.29) is 11.6 Å². The van der Waals surface area contributed by atoms with Gasteiger partial charge in [0.15, 0.2) is 0 Å². The minimum Gasteiger partial charge on any atom is -0.378 e. The summed E-state index contributed by atoms with van der Waals surface area (Å²) in [5.74, 6) is -0.265. The molecule has 0 aliphatic carbocycles. The fourth-order valence-electron chi connectivity index (χ4n) is 2.37. The first-order chi connectivity index (χ1) is 10.6. The molecule has 1 aromatic rings. The first-order valence-corrected chi connectivity index (χ1v) is 7.52. The molecule has 120 valence electrons. The molecule has 0 aromatic heterocycles. The lowest BCUT2D eigenvalue weighted by Gasteiger charge is -2.30. The maximum absolute atomic E-state index is 12.4. The van der Waals surface area contributed by atoms with Crippen LogP contribution in [0.1, 0.15) is 30.1 Å². The van der Waals surface area contributed by atoms with E-state index in [1.54, 1.807) is 6.07 Å². The van der Waals surface area contributed by atoms with Crippen molar-refractivity contribution in [2.75, 3.05) is 37.7 Å². The average molecular weight is 307 g/mol. The molecule has 1 heterocycles. The Labute approximate surface area is 129 Å². The topological polar surface area (TPSA) is 84.7 Å². The number of anilines is 1. The van der Waals surface area contributed by atoms with E-state index in [4.69, 9.17) is 4.74 Å². The van der Waals surface area contributed by atoms with Crippen molar-refractivity contribution in [2.45, 2.75) is 19.8 Å². The number of unbranched alkanes of at least 4 members (excludes halogenated alkanes) is 1. The lowest BCUT2D eigenvalue weighted by atomic mass is 10.1. The number of hydrogen-bond acceptors (Lipinski definition) is 5. The predicted molar refractivity (Wildman–Crippen MR) is 83.4 cm³/mol. The molecular formula is C15H21N3O4. The number of carbonyl (C=O) groups excluding carboxylic acids is 1. The summed E-state index contributed by atoms with van der Waals surface area (Å²) in [6.45, 7) is 5.14. The van der Waals surface area contributed by atoms with Crippen LogP contribution in [0.2, 0.25) is 0 Å². The van der Waals surface area contributed by atoms with Crippen molar-refractivity contribution in [3.8, 4) is 0 Å². The summed E-state index contributed by atoms with van der Waals surface area (Å²) in [5.41, 5.74) is 1.01. The van der Waals surface area contributed by atoms with Gasteiger partial charge in [-0.2, -0.15) is 0 Å². The van der Waals surface area contributed by atoms with Crippen molar-refractivity contribution < 1.29 is 14.5 Å². The monoisotopic (exact) mass is 307 g/mol. The van der Waals surface area contributed by atoms with E-state index in [0.717, 1.165) is 18.5 Å². The van der Waals surface area contributed by atoms with E-state index < -0.39 is 4.92 Å². The maximum Gasteiger partial charge on any atom is 0.270 e. The number of benzene rings is 1. The van der Waals surface area contributed by atoms with E-state index in [1.807, 2.05) is 11.8 Å². The summed E-state index contributed by atoms with van der Waals surface area (Å²) in [5, 5.41) is 13.8. The fraction of sp³-hybridized carbons (Fsp3) is 0.533. The van der Waals surface area contributed by atoms with E-state index in [2.05, 4.69) is 5.32 Å². The van der Waals surface area contributed by atoms with Gasteiger partial charge in [-0.1, -0.05) is 13.3 Å². The largest absolute Gasteiger partial charge is 0.378 e. The van der Waals surface area contributed by atoms with E-state index in [0.29, 0.717) is 38.4 Å². The van der Waals surface area contributed by atoms with Crippen LogP contribution < -0.4 is 10.2 Å². The third-order valence-electron chi connectivity index (χ3n) is 3.60. The summed E-state index contributed by atoms with van der Waals surface area (Å²) < 4.78 is 5.31. The van der Waals surface area contributed by atoms with Crippen molar-refractivity contribution in [3.05, 3.63) is 33.9 Å². The SMILES string of the molecule is CCCCNC(=O)c1cc([N+](=O)[O-])ccc1N1CCOCC1. The second kappa shape index (κ2) is 7.74. The Morgan fingerprint density at radius 1 is 1.41 bits per heavy atom. The van der Waals surface area contributed by atoms with Crippen molar-refractivity contribution in [1.82, 2.24) is 5.32 Å². The number of nitro benzene ring substituents is 1. The number of non-ortho nitro benzene ring substituents is 1. The summed E-state index contributed by atoms with van der Waals surface area (Å²) in [6.07, 6.45) is 1.86. The van der Waals surface area contributed by atoms with Gasteiger partial charge < -0.3 is 15.0 Å². The van der Waals surface area contributed by atoms with Gasteiger partial charge in [-0.3, -0.25) is 14.9 Å². The van der Waals surface area contributed by atoms with Crippen LogP contribution >= 0.6 is 0 Å². The van der Waals surface area contributed by atoms with Gasteiger partial charge in [0.2, 0.25) is 0 Å². The van der Waals surface area contributed by atoms with Crippen molar-refractivity contribution in [3.63, 3.8) is 0 Å². The van der Waals surface area contributed by atoms with Crippen LogP contribution in [0.3, 0.4) is 0 Å². The molecule has 1 aliphatic heterocycles. The van der Waals surface area contributed by atoms with Gasteiger partial charge in [0, 0.05) is 31.8 Å². The molecule has 1 aromatic carbocycles. The first-order valence-electron chi connectivity index (χ1n) is 7.52. The number of nitrogens with zero attached hydrogens (tertiary/aromatic N) is 2. The van der Waals surface area contributed by atoms with Gasteiger partial charge in [0.1, 0.15) is 0 Å². The molecule has 1 N–H and O–H groups in total. The fourth-order valence-corrected chi connectivity index (χ4v) is 2.37. The summed E-state index contributed by atoms with van der Waals surface area (Å²) in [6, 6.07) is 4.44. The second-order valence-corrected chi connectivity index (χ2v) is 5.17. The molecule has 1 fully saturated rings. The highest BCUT2D eigenvalue weighted by atomic mass is 16.6. The molecule has 0 bridgehead atoms. The number of carbonyl (C=O) groups is 1. The third kappa shape index (κ3) is 3.94. The zero-order valence-corrected chi connectivity index (χ0v) is 12.7.